The summed E-state index contributed by atoms with van der Waals surface area (Å²) in [6.07, 6.45) is 0.0277. The molecule has 0 bridgehead atoms. The molecular formula is C22H22N2O7S2. The molecule has 9 nitrogen and oxygen atoms in total. The average Bonchev–Trinajstić information content (AvgIpc) is 3.14. The van der Waals surface area contributed by atoms with Gasteiger partial charge < -0.3 is 14.0 Å². The summed E-state index contributed by atoms with van der Waals surface area (Å²) in [6.45, 7) is -0.178. The number of amides is 1. The maximum atomic E-state index is 12.5. The van der Waals surface area contributed by atoms with Gasteiger partial charge in [0.1, 0.15) is 6.54 Å². The zero-order valence-corrected chi connectivity index (χ0v) is 19.6. The summed E-state index contributed by atoms with van der Waals surface area (Å²) in [5.74, 6) is -1.75. The smallest absolute Gasteiger partial charge is 0.337 e. The van der Waals surface area contributed by atoms with Crippen LogP contribution >= 0.6 is 11.3 Å². The number of esters is 2. The van der Waals surface area contributed by atoms with Crippen molar-refractivity contribution in [3.8, 4) is 0 Å². The van der Waals surface area contributed by atoms with E-state index < -0.39 is 27.7 Å². The van der Waals surface area contributed by atoms with Gasteiger partial charge in [0.25, 0.3) is 0 Å². The van der Waals surface area contributed by atoms with Crippen LogP contribution in [0.5, 0.6) is 0 Å². The van der Waals surface area contributed by atoms with Gasteiger partial charge in [-0.25, -0.2) is 13.2 Å². The number of hydrogen-bond acceptors (Lipinski definition) is 8. The lowest BCUT2D eigenvalue weighted by Gasteiger charge is -2.05. The molecule has 0 unspecified atom stereocenters. The predicted molar refractivity (Wildman–Crippen MR) is 121 cm³/mol. The molecular weight excluding hydrogens is 468 g/mol. The topological polar surface area (TPSA) is 121 Å². The number of rotatable bonds is 8. The molecule has 0 saturated carbocycles. The molecule has 0 atom stereocenters. The summed E-state index contributed by atoms with van der Waals surface area (Å²) >= 11 is 1.12. The van der Waals surface area contributed by atoms with Crippen molar-refractivity contribution in [2.45, 2.75) is 24.3 Å². The van der Waals surface area contributed by atoms with Gasteiger partial charge in [0.2, 0.25) is 5.91 Å². The van der Waals surface area contributed by atoms with Crippen LogP contribution in [0, 0.1) is 0 Å². The molecule has 0 radical (unpaired) electrons. The number of nitrogens with zero attached hydrogens (tertiary/aromatic N) is 2. The second-order valence-electron chi connectivity index (χ2n) is 6.96. The van der Waals surface area contributed by atoms with E-state index in [1.807, 2.05) is 0 Å². The van der Waals surface area contributed by atoms with Crippen LogP contribution in [0.4, 0.5) is 0 Å². The minimum atomic E-state index is -3.49. The molecule has 11 heteroatoms. The van der Waals surface area contributed by atoms with Crippen LogP contribution in [-0.4, -0.2) is 50.8 Å². The van der Waals surface area contributed by atoms with Crippen molar-refractivity contribution in [2.75, 3.05) is 20.0 Å². The first-order chi connectivity index (χ1) is 15.7. The Bertz CT molecular complexity index is 1360. The van der Waals surface area contributed by atoms with Crippen molar-refractivity contribution in [3.63, 3.8) is 0 Å². The highest BCUT2D eigenvalue weighted by Gasteiger charge is 2.16. The first kappa shape index (κ1) is 24.3. The van der Waals surface area contributed by atoms with Gasteiger partial charge in [0.15, 0.2) is 14.6 Å². The number of carbonyl (C=O) groups excluding carboxylic acids is 3. The van der Waals surface area contributed by atoms with E-state index in [4.69, 9.17) is 9.47 Å². The fourth-order valence-electron chi connectivity index (χ4n) is 3.07. The minimum absolute atomic E-state index is 0.0774. The number of benzene rings is 2. The predicted octanol–water partition coefficient (Wildman–Crippen LogP) is 2.34. The average molecular weight is 491 g/mol. The highest BCUT2D eigenvalue weighted by molar-refractivity contribution is 7.91. The molecule has 3 rings (SSSR count). The van der Waals surface area contributed by atoms with Crippen molar-refractivity contribution in [1.82, 2.24) is 4.57 Å². The Morgan fingerprint density at radius 2 is 1.76 bits per heavy atom. The standard InChI is InChI=1S/C22H22N2O7S2/c1-30-20(26)14-24-17-11-10-15(21(27)31-2)13-18(17)32-22(24)23-19(25)9-6-12-33(28,29)16-7-4-3-5-8-16/h3-5,7-8,10-11,13H,6,9,12,14H2,1-2H3. The molecule has 1 heterocycles. The van der Waals surface area contributed by atoms with E-state index in [0.717, 1.165) is 11.3 Å². The molecule has 3 aromatic rings. The largest absolute Gasteiger partial charge is 0.468 e. The summed E-state index contributed by atoms with van der Waals surface area (Å²) in [5, 5.41) is 0. The molecule has 0 spiro atoms. The summed E-state index contributed by atoms with van der Waals surface area (Å²) < 4.78 is 36.4. The fourth-order valence-corrected chi connectivity index (χ4v) is 5.49. The van der Waals surface area contributed by atoms with Crippen molar-refractivity contribution in [3.05, 3.63) is 58.9 Å². The van der Waals surface area contributed by atoms with Gasteiger partial charge in [0, 0.05) is 6.42 Å². The lowest BCUT2D eigenvalue weighted by Crippen LogP contribution is -2.22. The van der Waals surface area contributed by atoms with Crippen LogP contribution in [-0.2, 0) is 35.4 Å². The first-order valence-corrected chi connectivity index (χ1v) is 12.4. The number of ether oxygens (including phenoxy) is 2. The van der Waals surface area contributed by atoms with Crippen LogP contribution in [0.3, 0.4) is 0 Å². The third-order valence-corrected chi connectivity index (χ3v) is 7.60. The van der Waals surface area contributed by atoms with E-state index in [0.29, 0.717) is 15.8 Å². The Labute approximate surface area is 194 Å². The van der Waals surface area contributed by atoms with Crippen molar-refractivity contribution < 1.29 is 32.3 Å². The molecule has 1 amide bonds. The van der Waals surface area contributed by atoms with Crippen LogP contribution < -0.4 is 4.80 Å². The van der Waals surface area contributed by atoms with Crippen LogP contribution in [0.2, 0.25) is 0 Å². The molecule has 33 heavy (non-hydrogen) atoms. The number of fused-ring (bicyclic) bond motifs is 1. The molecule has 0 saturated heterocycles. The van der Waals surface area contributed by atoms with Crippen molar-refractivity contribution in [1.29, 1.82) is 0 Å². The monoisotopic (exact) mass is 490 g/mol. The molecule has 1 aromatic heterocycles. The number of thiazole rings is 1. The van der Waals surface area contributed by atoms with Gasteiger partial charge in [0.05, 0.1) is 40.6 Å². The lowest BCUT2D eigenvalue weighted by atomic mass is 10.2. The third kappa shape index (κ3) is 5.93. The van der Waals surface area contributed by atoms with Gasteiger partial charge in [-0.05, 0) is 36.8 Å². The Kier molecular flexibility index (Phi) is 7.77. The number of aromatic nitrogens is 1. The molecule has 0 aliphatic carbocycles. The van der Waals surface area contributed by atoms with Crippen molar-refractivity contribution >= 4 is 49.2 Å². The number of sulfone groups is 1. The van der Waals surface area contributed by atoms with E-state index in [1.165, 1.54) is 30.9 Å². The molecule has 0 aliphatic heterocycles. The molecule has 0 aliphatic rings. The van der Waals surface area contributed by atoms with E-state index in [2.05, 4.69) is 4.99 Å². The zero-order valence-electron chi connectivity index (χ0n) is 18.0. The second-order valence-corrected chi connectivity index (χ2v) is 10.1. The summed E-state index contributed by atoms with van der Waals surface area (Å²) in [7, 11) is -0.968. The molecule has 174 valence electrons. The quantitative estimate of drug-likeness (QED) is 0.444. The Balaban J connectivity index is 1.85. The van der Waals surface area contributed by atoms with Gasteiger partial charge in [-0.3, -0.25) is 9.59 Å². The van der Waals surface area contributed by atoms with Gasteiger partial charge in [-0.2, -0.15) is 4.99 Å². The van der Waals surface area contributed by atoms with E-state index >= 15 is 0 Å². The van der Waals surface area contributed by atoms with Crippen molar-refractivity contribution in [2.24, 2.45) is 4.99 Å². The van der Waals surface area contributed by atoms with Crippen LogP contribution in [0.15, 0.2) is 58.4 Å². The van der Waals surface area contributed by atoms with E-state index in [-0.39, 0.29) is 34.8 Å². The summed E-state index contributed by atoms with van der Waals surface area (Å²) in [6, 6.07) is 12.8. The molecule has 2 aromatic carbocycles. The molecule has 0 fully saturated rings. The number of methoxy groups -OCH3 is 2. The normalized spacial score (nSPS) is 12.0. The van der Waals surface area contributed by atoms with Crippen LogP contribution in [0.1, 0.15) is 23.2 Å². The highest BCUT2D eigenvalue weighted by Crippen LogP contribution is 2.20. The van der Waals surface area contributed by atoms with Crippen LogP contribution in [0.25, 0.3) is 10.2 Å². The summed E-state index contributed by atoms with van der Waals surface area (Å²) in [5.41, 5.74) is 0.914. The van der Waals surface area contributed by atoms with Gasteiger partial charge in [-0.1, -0.05) is 29.5 Å². The number of carbonyl (C=O) groups is 3. The maximum absolute atomic E-state index is 12.5. The second kappa shape index (κ2) is 10.5. The Morgan fingerprint density at radius 1 is 1.03 bits per heavy atom. The Morgan fingerprint density at radius 3 is 2.42 bits per heavy atom. The van der Waals surface area contributed by atoms with Gasteiger partial charge in [-0.15, -0.1) is 0 Å². The van der Waals surface area contributed by atoms with E-state index in [9.17, 15) is 22.8 Å². The Hall–Kier alpha value is -3.31. The minimum Gasteiger partial charge on any atom is -0.468 e. The maximum Gasteiger partial charge on any atom is 0.337 e. The fraction of sp³-hybridized carbons (Fsp3) is 0.273. The third-order valence-electron chi connectivity index (χ3n) is 4.75. The highest BCUT2D eigenvalue weighted by atomic mass is 32.2. The zero-order chi connectivity index (χ0) is 24.0. The summed E-state index contributed by atoms with van der Waals surface area (Å²) in [4.78, 5) is 40.7. The SMILES string of the molecule is COC(=O)Cn1c(=NC(=O)CCCS(=O)(=O)c2ccccc2)sc2cc(C(=O)OC)ccc21. The molecule has 0 N–H and O–H groups in total. The van der Waals surface area contributed by atoms with Gasteiger partial charge >= 0.3 is 11.9 Å². The number of hydrogen-bond donors (Lipinski definition) is 0. The lowest BCUT2D eigenvalue weighted by molar-refractivity contribution is -0.141. The first-order valence-electron chi connectivity index (χ1n) is 9.89. The van der Waals surface area contributed by atoms with E-state index in [1.54, 1.807) is 36.4 Å².